The van der Waals surface area contributed by atoms with E-state index >= 15 is 0 Å². The molecule has 0 radical (unpaired) electrons. The Bertz CT molecular complexity index is 1360. The Morgan fingerprint density at radius 1 is 1.00 bits per heavy atom. The van der Waals surface area contributed by atoms with Gasteiger partial charge < -0.3 is 5.32 Å². The third-order valence-corrected chi connectivity index (χ3v) is 7.19. The zero-order valence-corrected chi connectivity index (χ0v) is 18.6. The first-order valence-electron chi connectivity index (χ1n) is 9.87. The predicted molar refractivity (Wildman–Crippen MR) is 128 cm³/mol. The van der Waals surface area contributed by atoms with Crippen LogP contribution in [0, 0.1) is 6.92 Å². The highest BCUT2D eigenvalue weighted by Gasteiger charge is 2.36. The number of imide groups is 1. The van der Waals surface area contributed by atoms with Crippen LogP contribution in [-0.4, -0.2) is 28.5 Å². The molecule has 2 heterocycles. The van der Waals surface area contributed by atoms with E-state index in [1.54, 1.807) is 42.5 Å². The van der Waals surface area contributed by atoms with Gasteiger partial charge in [-0.3, -0.25) is 14.4 Å². The zero-order valence-electron chi connectivity index (χ0n) is 17.0. The molecule has 0 saturated carbocycles. The smallest absolute Gasteiger partial charge is 0.266 e. The van der Waals surface area contributed by atoms with Crippen molar-refractivity contribution < 1.29 is 14.4 Å². The fraction of sp³-hybridized carbons (Fsp3) is 0.0833. The van der Waals surface area contributed by atoms with E-state index < -0.39 is 0 Å². The van der Waals surface area contributed by atoms with Gasteiger partial charge in [0.2, 0.25) is 5.91 Å². The number of nitrogens with zero attached hydrogens (tertiary/aromatic N) is 2. The van der Waals surface area contributed by atoms with Crippen molar-refractivity contribution in [3.8, 4) is 0 Å². The molecular weight excluding hydrogens is 442 g/mol. The minimum Gasteiger partial charge on any atom is -0.325 e. The predicted octanol–water partition coefficient (Wildman–Crippen LogP) is 5.14. The van der Waals surface area contributed by atoms with Crippen molar-refractivity contribution in [3.05, 3.63) is 83.4 Å². The van der Waals surface area contributed by atoms with E-state index in [4.69, 9.17) is 0 Å². The fourth-order valence-electron chi connectivity index (χ4n) is 3.56. The summed E-state index contributed by atoms with van der Waals surface area (Å²) in [5.41, 5.74) is 3.95. The molecule has 0 unspecified atom stereocenters. The summed E-state index contributed by atoms with van der Waals surface area (Å²) in [6.45, 7) is 1.97. The lowest BCUT2D eigenvalue weighted by Gasteiger charge is -2.13. The summed E-state index contributed by atoms with van der Waals surface area (Å²) in [6, 6.07) is 19.8. The van der Waals surface area contributed by atoms with Crippen molar-refractivity contribution >= 4 is 62.4 Å². The molecule has 5 rings (SSSR count). The molecule has 0 atom stereocenters. The van der Waals surface area contributed by atoms with Crippen LogP contribution >= 0.6 is 23.1 Å². The van der Waals surface area contributed by atoms with Crippen molar-refractivity contribution in [2.24, 2.45) is 0 Å². The van der Waals surface area contributed by atoms with Crippen LogP contribution in [0.25, 0.3) is 10.2 Å². The zero-order chi connectivity index (χ0) is 22.2. The number of thiazole rings is 1. The van der Waals surface area contributed by atoms with Gasteiger partial charge in [0.1, 0.15) is 0 Å². The second-order valence-corrected chi connectivity index (χ2v) is 9.58. The molecule has 1 aromatic heterocycles. The Kier molecular flexibility index (Phi) is 5.24. The number of hydrogen-bond donors (Lipinski definition) is 1. The highest BCUT2D eigenvalue weighted by molar-refractivity contribution is 8.01. The van der Waals surface area contributed by atoms with Gasteiger partial charge in [-0.15, -0.1) is 11.3 Å². The van der Waals surface area contributed by atoms with Crippen LogP contribution in [0.15, 0.2) is 71.1 Å². The average molecular weight is 460 g/mol. The quantitative estimate of drug-likeness (QED) is 0.330. The van der Waals surface area contributed by atoms with E-state index in [0.29, 0.717) is 16.8 Å². The van der Waals surface area contributed by atoms with Gasteiger partial charge in [-0.2, -0.15) is 0 Å². The van der Waals surface area contributed by atoms with Gasteiger partial charge in [-0.05, 0) is 55.0 Å². The molecule has 8 heteroatoms. The number of carbonyl (C=O) groups excluding carboxylic acids is 3. The summed E-state index contributed by atoms with van der Waals surface area (Å²) in [5, 5.41) is 2.89. The highest BCUT2D eigenvalue weighted by Crippen LogP contribution is 2.35. The Balaban J connectivity index is 1.31. The first-order chi connectivity index (χ1) is 15.5. The lowest BCUT2D eigenvalue weighted by atomic mass is 10.1. The molecule has 32 heavy (non-hydrogen) atoms. The molecule has 0 bridgehead atoms. The van der Waals surface area contributed by atoms with E-state index in [-0.39, 0.29) is 23.5 Å². The molecule has 1 aliphatic heterocycles. The Morgan fingerprint density at radius 3 is 2.47 bits per heavy atom. The normalized spacial score (nSPS) is 13.0. The van der Waals surface area contributed by atoms with Gasteiger partial charge in [0, 0.05) is 5.69 Å². The van der Waals surface area contributed by atoms with Crippen molar-refractivity contribution in [3.63, 3.8) is 0 Å². The lowest BCUT2D eigenvalue weighted by Crippen LogP contribution is -2.29. The van der Waals surface area contributed by atoms with E-state index in [1.165, 1.54) is 28.0 Å². The second-order valence-electron chi connectivity index (χ2n) is 7.33. The van der Waals surface area contributed by atoms with Crippen LogP contribution in [0.5, 0.6) is 0 Å². The molecule has 6 nitrogen and oxygen atoms in total. The van der Waals surface area contributed by atoms with Crippen molar-refractivity contribution in [2.75, 3.05) is 16.0 Å². The average Bonchev–Trinajstić information content (AvgIpc) is 3.30. The highest BCUT2D eigenvalue weighted by atomic mass is 32.2. The van der Waals surface area contributed by atoms with Crippen molar-refractivity contribution in [1.82, 2.24) is 4.98 Å². The number of nitrogens with one attached hydrogen (secondary N) is 1. The van der Waals surface area contributed by atoms with Gasteiger partial charge in [-0.25, -0.2) is 9.88 Å². The number of anilines is 2. The van der Waals surface area contributed by atoms with E-state index in [0.717, 1.165) is 25.8 Å². The summed E-state index contributed by atoms with van der Waals surface area (Å²) >= 11 is 2.78. The molecule has 0 aliphatic carbocycles. The summed E-state index contributed by atoms with van der Waals surface area (Å²) in [6.07, 6.45) is 0. The van der Waals surface area contributed by atoms with Crippen LogP contribution in [0.2, 0.25) is 0 Å². The topological polar surface area (TPSA) is 79.4 Å². The van der Waals surface area contributed by atoms with Gasteiger partial charge >= 0.3 is 0 Å². The molecule has 4 aromatic rings. The molecule has 0 fully saturated rings. The SMILES string of the molecule is Cc1cccc(NC(=O)CSc2nc3ccc(N4C(=O)c5ccccc5C4=O)cc3s2)c1. The summed E-state index contributed by atoms with van der Waals surface area (Å²) in [5.74, 6) is -0.515. The number of aryl methyl sites for hydroxylation is 1. The minimum absolute atomic E-state index is 0.105. The largest absolute Gasteiger partial charge is 0.325 e. The Hall–Kier alpha value is -3.49. The third kappa shape index (κ3) is 3.79. The number of fused-ring (bicyclic) bond motifs is 2. The van der Waals surface area contributed by atoms with Crippen LogP contribution in [0.1, 0.15) is 26.3 Å². The minimum atomic E-state index is -0.322. The van der Waals surface area contributed by atoms with Crippen molar-refractivity contribution in [2.45, 2.75) is 11.3 Å². The fourth-order valence-corrected chi connectivity index (χ4v) is 5.47. The Labute approximate surface area is 192 Å². The van der Waals surface area contributed by atoms with Crippen LogP contribution < -0.4 is 10.2 Å². The maximum atomic E-state index is 12.7. The monoisotopic (exact) mass is 459 g/mol. The van der Waals surface area contributed by atoms with Crippen LogP contribution in [-0.2, 0) is 4.79 Å². The van der Waals surface area contributed by atoms with E-state index in [1.807, 2.05) is 31.2 Å². The number of rotatable bonds is 5. The maximum Gasteiger partial charge on any atom is 0.266 e. The second kappa shape index (κ2) is 8.22. The molecule has 3 aromatic carbocycles. The van der Waals surface area contributed by atoms with Crippen LogP contribution in [0.3, 0.4) is 0 Å². The molecule has 1 N–H and O–H groups in total. The standard InChI is InChI=1S/C24H17N3O3S2/c1-14-5-4-6-15(11-14)25-21(28)13-31-24-26-19-10-9-16(12-20(19)32-24)27-22(29)17-7-2-3-8-18(17)23(27)30/h2-12H,13H2,1H3,(H,25,28). The summed E-state index contributed by atoms with van der Waals surface area (Å²) in [4.78, 5) is 43.5. The summed E-state index contributed by atoms with van der Waals surface area (Å²) < 4.78 is 1.60. The third-order valence-electron chi connectivity index (χ3n) is 5.03. The first-order valence-corrected chi connectivity index (χ1v) is 11.7. The number of hydrogen-bond acceptors (Lipinski definition) is 6. The van der Waals surface area contributed by atoms with Gasteiger partial charge in [0.25, 0.3) is 11.8 Å². The maximum absolute atomic E-state index is 12.7. The molecule has 3 amide bonds. The molecule has 0 spiro atoms. The Morgan fingerprint density at radius 2 is 1.75 bits per heavy atom. The molecule has 0 saturated heterocycles. The first kappa shape index (κ1) is 20.4. The van der Waals surface area contributed by atoms with E-state index in [2.05, 4.69) is 10.3 Å². The number of aromatic nitrogens is 1. The van der Waals surface area contributed by atoms with Gasteiger partial charge in [0.15, 0.2) is 4.34 Å². The molecule has 1 aliphatic rings. The van der Waals surface area contributed by atoms with E-state index in [9.17, 15) is 14.4 Å². The van der Waals surface area contributed by atoms with Gasteiger partial charge in [-0.1, -0.05) is 36.0 Å². The number of amides is 3. The summed E-state index contributed by atoms with van der Waals surface area (Å²) in [7, 11) is 0. The molecule has 158 valence electrons. The lowest BCUT2D eigenvalue weighted by molar-refractivity contribution is -0.113. The van der Waals surface area contributed by atoms with Crippen LogP contribution in [0.4, 0.5) is 11.4 Å². The van der Waals surface area contributed by atoms with Crippen molar-refractivity contribution in [1.29, 1.82) is 0 Å². The van der Waals surface area contributed by atoms with Gasteiger partial charge in [0.05, 0.1) is 32.8 Å². The molecular formula is C24H17N3O3S2. The number of benzene rings is 3. The number of carbonyl (C=O) groups is 3. The number of thioether (sulfide) groups is 1.